The molecule has 0 N–H and O–H groups in total. The van der Waals surface area contributed by atoms with Gasteiger partial charge in [-0.3, -0.25) is 0 Å². The van der Waals surface area contributed by atoms with E-state index in [1.807, 2.05) is 29.2 Å². The van der Waals surface area contributed by atoms with Gasteiger partial charge in [-0.2, -0.15) is 0 Å². The van der Waals surface area contributed by atoms with Gasteiger partial charge in [0.15, 0.2) is 0 Å². The monoisotopic (exact) mass is 406 g/mol. The lowest BCUT2D eigenvalue weighted by Gasteiger charge is -2.41. The number of halogens is 1. The molecular formula is C21H27ClN2O2S. The molecule has 0 bridgehead atoms. The number of piperidine rings is 2. The van der Waals surface area contributed by atoms with Crippen molar-refractivity contribution in [2.75, 3.05) is 32.8 Å². The van der Waals surface area contributed by atoms with Crippen molar-refractivity contribution in [3.63, 3.8) is 0 Å². The van der Waals surface area contributed by atoms with Crippen LogP contribution < -0.4 is 0 Å². The van der Waals surface area contributed by atoms with Crippen LogP contribution in [0.5, 0.6) is 0 Å². The van der Waals surface area contributed by atoms with Crippen molar-refractivity contribution in [1.29, 1.82) is 0 Å². The second kappa shape index (κ2) is 8.38. The minimum absolute atomic E-state index is 0.155. The standard InChI is InChI=1S/C21H27ClN2O2S/c1-2-26-21(25)24-11-7-17(8-12-24)23-9-5-15(6-10-23)19-14-27-20-4-3-16(22)13-18(19)20/h3-4,13-15,17H,2,5-12H2,1H3. The lowest BCUT2D eigenvalue weighted by Crippen LogP contribution is -2.48. The van der Waals surface area contributed by atoms with Crippen molar-refractivity contribution in [3.05, 3.63) is 34.2 Å². The van der Waals surface area contributed by atoms with E-state index in [-0.39, 0.29) is 6.09 Å². The smallest absolute Gasteiger partial charge is 0.409 e. The van der Waals surface area contributed by atoms with Crippen molar-refractivity contribution >= 4 is 39.1 Å². The highest BCUT2D eigenvalue weighted by Crippen LogP contribution is 2.38. The zero-order chi connectivity index (χ0) is 18.8. The van der Waals surface area contributed by atoms with Crippen LogP contribution in [0.2, 0.25) is 5.02 Å². The Kier molecular flexibility index (Phi) is 5.90. The number of fused-ring (bicyclic) bond motifs is 1. The number of carbonyl (C=O) groups is 1. The highest BCUT2D eigenvalue weighted by molar-refractivity contribution is 7.17. The minimum Gasteiger partial charge on any atom is -0.450 e. The fourth-order valence-electron chi connectivity index (χ4n) is 4.54. The first kappa shape index (κ1) is 19.0. The van der Waals surface area contributed by atoms with Crippen molar-refractivity contribution in [3.8, 4) is 0 Å². The molecule has 146 valence electrons. The van der Waals surface area contributed by atoms with Gasteiger partial charge in [-0.15, -0.1) is 11.3 Å². The number of benzene rings is 1. The third kappa shape index (κ3) is 4.10. The van der Waals surface area contributed by atoms with Crippen LogP contribution in [-0.2, 0) is 4.74 Å². The normalized spacial score (nSPS) is 20.3. The van der Waals surface area contributed by atoms with Crippen LogP contribution in [0.3, 0.4) is 0 Å². The third-order valence-electron chi connectivity index (χ3n) is 6.04. The number of thiophene rings is 1. The molecule has 0 aliphatic carbocycles. The number of carbonyl (C=O) groups excluding carboxylic acids is 1. The summed E-state index contributed by atoms with van der Waals surface area (Å²) in [6, 6.07) is 6.85. The zero-order valence-corrected chi connectivity index (χ0v) is 17.4. The summed E-state index contributed by atoms with van der Waals surface area (Å²) >= 11 is 8.05. The molecule has 2 aromatic rings. The molecule has 1 aromatic heterocycles. The van der Waals surface area contributed by atoms with E-state index in [1.54, 1.807) is 0 Å². The summed E-state index contributed by atoms with van der Waals surface area (Å²) in [5, 5.41) is 4.50. The van der Waals surface area contributed by atoms with Crippen LogP contribution in [0.4, 0.5) is 4.79 Å². The van der Waals surface area contributed by atoms with E-state index >= 15 is 0 Å². The summed E-state index contributed by atoms with van der Waals surface area (Å²) in [7, 11) is 0. The van der Waals surface area contributed by atoms with Gasteiger partial charge in [0, 0.05) is 28.9 Å². The molecule has 0 spiro atoms. The van der Waals surface area contributed by atoms with Crippen molar-refractivity contribution in [2.45, 2.75) is 44.6 Å². The van der Waals surface area contributed by atoms with E-state index in [0.717, 1.165) is 44.0 Å². The van der Waals surface area contributed by atoms with E-state index in [2.05, 4.69) is 22.4 Å². The predicted molar refractivity (Wildman–Crippen MR) is 112 cm³/mol. The molecule has 0 unspecified atom stereocenters. The molecular weight excluding hydrogens is 380 g/mol. The van der Waals surface area contributed by atoms with Gasteiger partial charge in [0.25, 0.3) is 0 Å². The first-order valence-corrected chi connectivity index (χ1v) is 11.2. The fourth-order valence-corrected chi connectivity index (χ4v) is 5.74. The first-order valence-electron chi connectivity index (χ1n) is 9.98. The third-order valence-corrected chi connectivity index (χ3v) is 7.26. The molecule has 1 aromatic carbocycles. The van der Waals surface area contributed by atoms with Gasteiger partial charge in [0.1, 0.15) is 0 Å². The average Bonchev–Trinajstić information content (AvgIpc) is 3.11. The molecule has 4 rings (SSSR count). The summed E-state index contributed by atoms with van der Waals surface area (Å²) in [5.74, 6) is 0.632. The van der Waals surface area contributed by atoms with Crippen LogP contribution in [0.15, 0.2) is 23.6 Å². The van der Waals surface area contributed by atoms with Gasteiger partial charge in [-0.05, 0) is 86.1 Å². The highest BCUT2D eigenvalue weighted by atomic mass is 35.5. The van der Waals surface area contributed by atoms with E-state index < -0.39 is 0 Å². The molecule has 27 heavy (non-hydrogen) atoms. The number of ether oxygens (including phenoxy) is 1. The second-order valence-corrected chi connectivity index (χ2v) is 8.91. The maximum atomic E-state index is 11.9. The molecule has 0 atom stereocenters. The number of nitrogens with zero attached hydrogens (tertiary/aromatic N) is 2. The van der Waals surface area contributed by atoms with Crippen LogP contribution in [-0.4, -0.2) is 54.7 Å². The Morgan fingerprint density at radius 3 is 2.63 bits per heavy atom. The fraction of sp³-hybridized carbons (Fsp3) is 0.571. The van der Waals surface area contributed by atoms with Crippen molar-refractivity contribution in [2.24, 2.45) is 0 Å². The Labute approximate surface area is 170 Å². The highest BCUT2D eigenvalue weighted by Gasteiger charge is 2.31. The van der Waals surface area contributed by atoms with Gasteiger partial charge < -0.3 is 14.5 Å². The van der Waals surface area contributed by atoms with E-state index in [0.29, 0.717) is 18.6 Å². The summed E-state index contributed by atoms with van der Waals surface area (Å²) in [6.07, 6.45) is 4.37. The van der Waals surface area contributed by atoms with E-state index in [4.69, 9.17) is 16.3 Å². The van der Waals surface area contributed by atoms with Crippen molar-refractivity contribution in [1.82, 2.24) is 9.80 Å². The Morgan fingerprint density at radius 2 is 1.93 bits per heavy atom. The summed E-state index contributed by atoms with van der Waals surface area (Å²) in [6.45, 7) is 6.24. The van der Waals surface area contributed by atoms with E-state index in [9.17, 15) is 4.79 Å². The Morgan fingerprint density at radius 1 is 1.19 bits per heavy atom. The topological polar surface area (TPSA) is 32.8 Å². The molecule has 2 aliphatic rings. The Balaban J connectivity index is 1.33. The molecule has 0 saturated carbocycles. The lowest BCUT2D eigenvalue weighted by molar-refractivity contribution is 0.0664. The van der Waals surface area contributed by atoms with Crippen LogP contribution in [0, 0.1) is 0 Å². The largest absolute Gasteiger partial charge is 0.450 e. The molecule has 6 heteroatoms. The Hall–Kier alpha value is -1.30. The molecule has 2 fully saturated rings. The molecule has 4 nitrogen and oxygen atoms in total. The Bertz CT molecular complexity index is 793. The molecule has 2 saturated heterocycles. The maximum Gasteiger partial charge on any atom is 0.409 e. The van der Waals surface area contributed by atoms with Gasteiger partial charge in [-0.25, -0.2) is 4.79 Å². The number of likely N-dealkylation sites (tertiary alicyclic amines) is 2. The molecule has 2 aliphatic heterocycles. The number of rotatable bonds is 3. The molecule has 1 amide bonds. The van der Waals surface area contributed by atoms with E-state index in [1.165, 1.54) is 28.5 Å². The molecule has 0 radical (unpaired) electrons. The van der Waals surface area contributed by atoms with Gasteiger partial charge in [-0.1, -0.05) is 11.6 Å². The van der Waals surface area contributed by atoms with Crippen LogP contribution >= 0.6 is 22.9 Å². The summed E-state index contributed by atoms with van der Waals surface area (Å²) < 4.78 is 6.46. The number of hydrogen-bond acceptors (Lipinski definition) is 4. The SMILES string of the molecule is CCOC(=O)N1CCC(N2CCC(c3csc4ccc(Cl)cc34)CC2)CC1. The average molecular weight is 407 g/mol. The number of amides is 1. The first-order chi connectivity index (χ1) is 13.2. The van der Waals surface area contributed by atoms with Crippen LogP contribution in [0.1, 0.15) is 44.1 Å². The van der Waals surface area contributed by atoms with Gasteiger partial charge >= 0.3 is 6.09 Å². The van der Waals surface area contributed by atoms with Crippen molar-refractivity contribution < 1.29 is 9.53 Å². The zero-order valence-electron chi connectivity index (χ0n) is 15.8. The quantitative estimate of drug-likeness (QED) is 0.688. The minimum atomic E-state index is -0.155. The lowest BCUT2D eigenvalue weighted by atomic mass is 9.88. The second-order valence-electron chi connectivity index (χ2n) is 7.56. The summed E-state index contributed by atoms with van der Waals surface area (Å²) in [4.78, 5) is 16.4. The maximum absolute atomic E-state index is 11.9. The van der Waals surface area contributed by atoms with Gasteiger partial charge in [0.2, 0.25) is 0 Å². The van der Waals surface area contributed by atoms with Crippen LogP contribution in [0.25, 0.3) is 10.1 Å². The van der Waals surface area contributed by atoms with Gasteiger partial charge in [0.05, 0.1) is 6.61 Å². The predicted octanol–water partition coefficient (Wildman–Crippen LogP) is 5.36. The molecule has 3 heterocycles. The number of hydrogen-bond donors (Lipinski definition) is 0. The summed E-state index contributed by atoms with van der Waals surface area (Å²) in [5.41, 5.74) is 1.48.